The molecule has 3 rings (SSSR count). The molecule has 2 amide bonds. The van der Waals surface area contributed by atoms with Crippen molar-refractivity contribution in [2.45, 2.75) is 25.3 Å². The van der Waals surface area contributed by atoms with Crippen molar-refractivity contribution in [2.75, 3.05) is 0 Å². The largest absolute Gasteiger partial charge is 0.350 e. The van der Waals surface area contributed by atoms with Crippen molar-refractivity contribution in [1.29, 1.82) is 0 Å². The summed E-state index contributed by atoms with van der Waals surface area (Å²) >= 11 is 0. The molecule has 3 aliphatic carbocycles. The normalized spacial score (nSPS) is 47.3. The minimum atomic E-state index is -0.696. The maximum Gasteiger partial charge on any atom is 0.338 e. The molecule has 3 fully saturated rings. The Morgan fingerprint density at radius 2 is 1.86 bits per heavy atom. The molecule has 0 radical (unpaired) electrons. The highest BCUT2D eigenvalue weighted by molar-refractivity contribution is 5.72. The second-order valence-electron chi connectivity index (χ2n) is 4.74. The molecule has 76 valence electrons. The van der Waals surface area contributed by atoms with Gasteiger partial charge in [0.05, 0.1) is 11.3 Å². The zero-order valence-electron chi connectivity index (χ0n) is 7.80. The van der Waals surface area contributed by atoms with Gasteiger partial charge >= 0.3 is 6.03 Å². The van der Waals surface area contributed by atoms with Crippen LogP contribution in [0, 0.1) is 28.6 Å². The van der Waals surface area contributed by atoms with Crippen molar-refractivity contribution in [2.24, 2.45) is 34.7 Å². The summed E-state index contributed by atoms with van der Waals surface area (Å²) in [5.74, 6) is 2.50. The maximum absolute atomic E-state index is 10.9. The van der Waals surface area contributed by atoms with Gasteiger partial charge < -0.3 is 5.73 Å². The number of nitrogens with two attached hydrogens (primary N) is 1. The predicted octanol–water partition coefficient (Wildman–Crippen LogP) is 1.09. The van der Waals surface area contributed by atoms with E-state index in [1.54, 1.807) is 0 Å². The van der Waals surface area contributed by atoms with E-state index in [0.717, 1.165) is 16.8 Å². The van der Waals surface area contributed by atoms with E-state index in [0.29, 0.717) is 11.8 Å². The van der Waals surface area contributed by atoms with E-state index in [1.165, 1.54) is 19.3 Å². The average Bonchev–Trinajstić information content (AvgIpc) is 2.57. The van der Waals surface area contributed by atoms with Crippen LogP contribution in [0.4, 0.5) is 4.79 Å². The second kappa shape index (κ2) is 2.46. The summed E-state index contributed by atoms with van der Waals surface area (Å²) in [6, 6.07) is -0.657. The molecule has 0 spiro atoms. The number of hydrogen-bond donors (Lipinski definition) is 1. The van der Waals surface area contributed by atoms with Gasteiger partial charge in [-0.15, -0.1) is 4.91 Å². The summed E-state index contributed by atoms with van der Waals surface area (Å²) in [5.41, 5.74) is 5.10. The van der Waals surface area contributed by atoms with E-state index >= 15 is 0 Å². The molecule has 0 aromatic carbocycles. The first kappa shape index (κ1) is 8.20. The minimum absolute atomic E-state index is 0.0382. The highest BCUT2D eigenvalue weighted by Gasteiger charge is 2.68. The van der Waals surface area contributed by atoms with Crippen LogP contribution >= 0.6 is 0 Å². The Labute approximate surface area is 81.6 Å². The van der Waals surface area contributed by atoms with Crippen LogP contribution in [0.1, 0.15) is 19.3 Å². The van der Waals surface area contributed by atoms with E-state index in [1.807, 2.05) is 0 Å². The van der Waals surface area contributed by atoms with Crippen LogP contribution in [-0.4, -0.2) is 17.1 Å². The van der Waals surface area contributed by atoms with Crippen LogP contribution in [0.25, 0.3) is 0 Å². The number of amides is 2. The van der Waals surface area contributed by atoms with Gasteiger partial charge in [0, 0.05) is 0 Å². The molecule has 5 heteroatoms. The molecule has 14 heavy (non-hydrogen) atoms. The number of rotatable bonds is 2. The van der Waals surface area contributed by atoms with Crippen LogP contribution in [-0.2, 0) is 0 Å². The van der Waals surface area contributed by atoms with E-state index in [9.17, 15) is 9.70 Å². The van der Waals surface area contributed by atoms with E-state index < -0.39 is 6.03 Å². The zero-order chi connectivity index (χ0) is 9.87. The van der Waals surface area contributed by atoms with Gasteiger partial charge in [-0.3, -0.25) is 0 Å². The Hall–Kier alpha value is -1.13. The molecule has 3 aliphatic rings. The Morgan fingerprint density at radius 3 is 2.29 bits per heavy atom. The quantitative estimate of drug-likeness (QED) is 0.529. The van der Waals surface area contributed by atoms with E-state index in [4.69, 9.17) is 5.73 Å². The molecule has 0 heterocycles. The fourth-order valence-corrected chi connectivity index (χ4v) is 3.85. The molecular weight excluding hydrogens is 182 g/mol. The summed E-state index contributed by atoms with van der Waals surface area (Å²) in [5, 5.41) is 3.70. The number of primary amides is 1. The monoisotopic (exact) mass is 195 g/mol. The molecule has 0 aromatic heterocycles. The summed E-state index contributed by atoms with van der Waals surface area (Å²) < 4.78 is 0. The summed E-state index contributed by atoms with van der Waals surface area (Å²) in [6.45, 7) is 0. The first-order valence-electron chi connectivity index (χ1n) is 5.16. The fraction of sp³-hybridized carbons (Fsp3) is 0.889. The number of hydrogen-bond acceptors (Lipinski definition) is 3. The first-order chi connectivity index (χ1) is 6.74. The Balaban J connectivity index is 1.78. The molecule has 0 aliphatic heterocycles. The van der Waals surface area contributed by atoms with Crippen molar-refractivity contribution in [1.82, 2.24) is 5.01 Å². The van der Waals surface area contributed by atoms with Crippen LogP contribution in [0.5, 0.6) is 0 Å². The Morgan fingerprint density at radius 1 is 1.29 bits per heavy atom. The molecule has 2 bridgehead atoms. The summed E-state index contributed by atoms with van der Waals surface area (Å²) in [6.07, 6.45) is 3.80. The van der Waals surface area contributed by atoms with Crippen LogP contribution in [0.2, 0.25) is 0 Å². The molecule has 2 N–H and O–H groups in total. The van der Waals surface area contributed by atoms with Gasteiger partial charge in [-0.1, -0.05) is 0 Å². The van der Waals surface area contributed by atoms with Crippen LogP contribution < -0.4 is 5.73 Å². The number of urea groups is 1. The third-order valence-corrected chi connectivity index (χ3v) is 4.29. The van der Waals surface area contributed by atoms with E-state index in [2.05, 4.69) is 5.29 Å². The molecule has 0 saturated heterocycles. The summed E-state index contributed by atoms with van der Waals surface area (Å²) in [7, 11) is 0. The van der Waals surface area contributed by atoms with Gasteiger partial charge in [0.2, 0.25) is 0 Å². The van der Waals surface area contributed by atoms with Gasteiger partial charge in [-0.25, -0.2) is 4.79 Å². The number of nitrogens with zero attached hydrogens (tertiary/aromatic N) is 2. The lowest BCUT2D eigenvalue weighted by Gasteiger charge is -2.14. The number of carbonyl (C=O) groups is 1. The number of carbonyl (C=O) groups excluding carboxylic acids is 1. The third-order valence-electron chi connectivity index (χ3n) is 4.29. The molecule has 3 saturated carbocycles. The fourth-order valence-electron chi connectivity index (χ4n) is 3.85. The average molecular weight is 195 g/mol. The Kier molecular flexibility index (Phi) is 1.44. The lowest BCUT2D eigenvalue weighted by molar-refractivity contribution is 0.194. The Bertz CT molecular complexity index is 290. The van der Waals surface area contributed by atoms with Gasteiger partial charge in [-0.05, 0) is 42.9 Å². The predicted molar refractivity (Wildman–Crippen MR) is 48.8 cm³/mol. The lowest BCUT2D eigenvalue weighted by Crippen LogP contribution is -2.35. The second-order valence-corrected chi connectivity index (χ2v) is 4.74. The maximum atomic E-state index is 10.9. The van der Waals surface area contributed by atoms with Gasteiger partial charge in [-0.2, -0.15) is 5.01 Å². The standard InChI is InChI=1S/C9H13N3O2/c10-9(13)12(11-14)8-6-4-1-2-5(3-4)7(6)8/h4-8H,1-3H2,(H2,10,13). The molecular formula is C9H13N3O2. The van der Waals surface area contributed by atoms with Gasteiger partial charge in [0.15, 0.2) is 0 Å². The molecule has 4 unspecified atom stereocenters. The third kappa shape index (κ3) is 0.823. The van der Waals surface area contributed by atoms with Crippen molar-refractivity contribution < 1.29 is 4.79 Å². The van der Waals surface area contributed by atoms with Gasteiger partial charge in [0.25, 0.3) is 0 Å². The van der Waals surface area contributed by atoms with Crippen LogP contribution in [0.3, 0.4) is 0 Å². The van der Waals surface area contributed by atoms with Gasteiger partial charge in [0.1, 0.15) is 0 Å². The molecule has 4 atom stereocenters. The lowest BCUT2D eigenvalue weighted by atomic mass is 10.0. The van der Waals surface area contributed by atoms with Crippen molar-refractivity contribution >= 4 is 6.03 Å². The molecule has 0 aromatic rings. The topological polar surface area (TPSA) is 75.8 Å². The van der Waals surface area contributed by atoms with E-state index in [-0.39, 0.29) is 6.04 Å². The smallest absolute Gasteiger partial charge is 0.338 e. The van der Waals surface area contributed by atoms with Crippen molar-refractivity contribution in [3.8, 4) is 0 Å². The van der Waals surface area contributed by atoms with Crippen molar-refractivity contribution in [3.05, 3.63) is 4.91 Å². The zero-order valence-corrected chi connectivity index (χ0v) is 7.80. The number of fused-ring (bicyclic) bond motifs is 5. The highest BCUT2D eigenvalue weighted by Crippen LogP contribution is 2.67. The summed E-state index contributed by atoms with van der Waals surface area (Å²) in [4.78, 5) is 21.4. The molecule has 5 nitrogen and oxygen atoms in total. The first-order valence-corrected chi connectivity index (χ1v) is 5.16. The van der Waals surface area contributed by atoms with Crippen LogP contribution in [0.15, 0.2) is 5.29 Å². The highest BCUT2D eigenvalue weighted by atomic mass is 16.3. The minimum Gasteiger partial charge on any atom is -0.350 e. The SMILES string of the molecule is NC(=O)N(N=O)C1C2C3CCC(C3)C21. The van der Waals surface area contributed by atoms with Crippen molar-refractivity contribution in [3.63, 3.8) is 0 Å². The number of nitroso groups, excluding NO2 is 1.